The van der Waals surface area contributed by atoms with E-state index in [4.69, 9.17) is 4.74 Å². The molecule has 0 aromatic carbocycles. The maximum atomic E-state index is 5.57. The van der Waals surface area contributed by atoms with Crippen LogP contribution in [-0.2, 0) is 4.74 Å². The fourth-order valence-corrected chi connectivity index (χ4v) is 1.64. The Bertz CT molecular complexity index is 124. The third-order valence-electron chi connectivity index (χ3n) is 2.55. The van der Waals surface area contributed by atoms with Gasteiger partial charge in [-0.05, 0) is 26.6 Å². The van der Waals surface area contributed by atoms with Crippen LogP contribution in [0.2, 0.25) is 0 Å². The van der Waals surface area contributed by atoms with Crippen molar-refractivity contribution < 1.29 is 4.74 Å². The van der Waals surface area contributed by atoms with Gasteiger partial charge in [-0.2, -0.15) is 0 Å². The van der Waals surface area contributed by atoms with Crippen molar-refractivity contribution in [3.63, 3.8) is 0 Å². The lowest BCUT2D eigenvalue weighted by molar-refractivity contribution is 0.0170. The van der Waals surface area contributed by atoms with Crippen molar-refractivity contribution in [3.8, 4) is 0 Å². The summed E-state index contributed by atoms with van der Waals surface area (Å²) < 4.78 is 5.57. The summed E-state index contributed by atoms with van der Waals surface area (Å²) in [5.74, 6) is 0.800. The molecule has 13 heavy (non-hydrogen) atoms. The topological polar surface area (TPSA) is 24.5 Å². The van der Waals surface area contributed by atoms with E-state index in [1.54, 1.807) is 0 Å². The predicted molar refractivity (Wildman–Crippen MR) is 55.0 cm³/mol. The monoisotopic (exact) mass is 186 g/mol. The van der Waals surface area contributed by atoms with E-state index in [-0.39, 0.29) is 0 Å². The molecule has 0 amide bonds. The van der Waals surface area contributed by atoms with Crippen molar-refractivity contribution in [2.75, 3.05) is 46.4 Å². The normalized spacial score (nSPS) is 18.9. The molecule has 0 unspecified atom stereocenters. The molecule has 0 atom stereocenters. The van der Waals surface area contributed by atoms with Gasteiger partial charge >= 0.3 is 0 Å². The number of hydrogen-bond donors (Lipinski definition) is 1. The zero-order chi connectivity index (χ0) is 9.52. The molecule has 1 saturated heterocycles. The molecule has 78 valence electrons. The molecule has 0 aliphatic carbocycles. The molecule has 1 fully saturated rings. The molecule has 1 aliphatic heterocycles. The van der Waals surface area contributed by atoms with Crippen molar-refractivity contribution in [2.45, 2.75) is 13.3 Å². The summed E-state index contributed by atoms with van der Waals surface area (Å²) in [6.07, 6.45) is 1.13. The van der Waals surface area contributed by atoms with E-state index < -0.39 is 0 Å². The van der Waals surface area contributed by atoms with E-state index in [1.807, 2.05) is 7.05 Å². The Hall–Kier alpha value is -0.120. The maximum Gasteiger partial charge on any atom is 0.0518 e. The minimum Gasteiger partial charge on any atom is -0.381 e. The summed E-state index contributed by atoms with van der Waals surface area (Å²) in [6, 6.07) is 0. The fraction of sp³-hybridized carbons (Fsp3) is 1.00. The zero-order valence-corrected chi connectivity index (χ0v) is 8.88. The number of rotatable bonds is 7. The molecule has 3 heteroatoms. The van der Waals surface area contributed by atoms with Crippen molar-refractivity contribution in [3.05, 3.63) is 0 Å². The average Bonchev–Trinajstić information content (AvgIpc) is 2.08. The second-order valence-electron chi connectivity index (χ2n) is 3.75. The minimum atomic E-state index is 0.800. The SMILES string of the molecule is CCN1CC(COCCCNC)C1. The molecule has 0 aromatic heterocycles. The number of nitrogens with zero attached hydrogens (tertiary/aromatic N) is 1. The Morgan fingerprint density at radius 3 is 2.85 bits per heavy atom. The lowest BCUT2D eigenvalue weighted by atomic mass is 10.0. The van der Waals surface area contributed by atoms with Crippen molar-refractivity contribution in [2.24, 2.45) is 5.92 Å². The second kappa shape index (κ2) is 6.35. The molecule has 1 rings (SSSR count). The van der Waals surface area contributed by atoms with E-state index in [2.05, 4.69) is 17.1 Å². The van der Waals surface area contributed by atoms with Gasteiger partial charge in [-0.15, -0.1) is 0 Å². The van der Waals surface area contributed by atoms with E-state index in [1.165, 1.54) is 19.6 Å². The van der Waals surface area contributed by atoms with Gasteiger partial charge in [0.15, 0.2) is 0 Å². The first-order valence-electron chi connectivity index (χ1n) is 5.31. The van der Waals surface area contributed by atoms with Crippen LogP contribution < -0.4 is 5.32 Å². The Balaban J connectivity index is 1.80. The van der Waals surface area contributed by atoms with Crippen LogP contribution in [0.4, 0.5) is 0 Å². The van der Waals surface area contributed by atoms with E-state index in [9.17, 15) is 0 Å². The smallest absolute Gasteiger partial charge is 0.0518 e. The molecule has 1 aliphatic rings. The number of likely N-dealkylation sites (tertiary alicyclic amines) is 1. The summed E-state index contributed by atoms with van der Waals surface area (Å²) in [6.45, 7) is 8.81. The first kappa shape index (κ1) is 11.0. The van der Waals surface area contributed by atoms with Crippen molar-refractivity contribution in [1.82, 2.24) is 10.2 Å². The van der Waals surface area contributed by atoms with Gasteiger partial charge in [0, 0.05) is 25.6 Å². The van der Waals surface area contributed by atoms with Gasteiger partial charge in [-0.3, -0.25) is 0 Å². The van der Waals surface area contributed by atoms with Gasteiger partial charge in [-0.1, -0.05) is 6.92 Å². The van der Waals surface area contributed by atoms with E-state index >= 15 is 0 Å². The summed E-state index contributed by atoms with van der Waals surface area (Å²) in [5.41, 5.74) is 0. The van der Waals surface area contributed by atoms with Crippen LogP contribution in [0.25, 0.3) is 0 Å². The Kier molecular flexibility index (Phi) is 5.35. The van der Waals surface area contributed by atoms with Crippen LogP contribution >= 0.6 is 0 Å². The molecular weight excluding hydrogens is 164 g/mol. The van der Waals surface area contributed by atoms with E-state index in [0.717, 1.165) is 32.1 Å². The van der Waals surface area contributed by atoms with Gasteiger partial charge in [0.25, 0.3) is 0 Å². The van der Waals surface area contributed by atoms with Crippen molar-refractivity contribution in [1.29, 1.82) is 0 Å². The molecule has 1 N–H and O–H groups in total. The average molecular weight is 186 g/mol. The predicted octanol–water partition coefficient (Wildman–Crippen LogP) is 0.564. The Morgan fingerprint density at radius 1 is 1.46 bits per heavy atom. The largest absolute Gasteiger partial charge is 0.381 e. The Labute approximate surface area is 81.4 Å². The molecule has 0 bridgehead atoms. The summed E-state index contributed by atoms with van der Waals surface area (Å²) in [4.78, 5) is 2.45. The molecule has 1 heterocycles. The minimum absolute atomic E-state index is 0.800. The molecular formula is C10H22N2O. The first-order valence-corrected chi connectivity index (χ1v) is 5.31. The fourth-order valence-electron chi connectivity index (χ4n) is 1.64. The lowest BCUT2D eigenvalue weighted by Crippen LogP contribution is -2.48. The summed E-state index contributed by atoms with van der Waals surface area (Å²) in [7, 11) is 1.98. The standard InChI is InChI=1S/C10H22N2O/c1-3-12-7-10(8-12)9-13-6-4-5-11-2/h10-11H,3-9H2,1-2H3. The van der Waals surface area contributed by atoms with Gasteiger partial charge in [0.2, 0.25) is 0 Å². The summed E-state index contributed by atoms with van der Waals surface area (Å²) >= 11 is 0. The molecule has 0 aromatic rings. The number of ether oxygens (including phenoxy) is 1. The molecule has 0 saturated carbocycles. The van der Waals surface area contributed by atoms with Gasteiger partial charge in [0.05, 0.1) is 6.61 Å². The van der Waals surface area contributed by atoms with Crippen LogP contribution in [0.3, 0.4) is 0 Å². The van der Waals surface area contributed by atoms with Gasteiger partial charge in [-0.25, -0.2) is 0 Å². The Morgan fingerprint density at radius 2 is 2.23 bits per heavy atom. The third kappa shape index (κ3) is 4.07. The zero-order valence-electron chi connectivity index (χ0n) is 8.88. The first-order chi connectivity index (χ1) is 6.36. The number of nitrogens with one attached hydrogen (secondary N) is 1. The van der Waals surface area contributed by atoms with Gasteiger partial charge in [0.1, 0.15) is 0 Å². The highest BCUT2D eigenvalue weighted by atomic mass is 16.5. The van der Waals surface area contributed by atoms with Crippen LogP contribution in [0, 0.1) is 5.92 Å². The lowest BCUT2D eigenvalue weighted by Gasteiger charge is -2.38. The highest BCUT2D eigenvalue weighted by Gasteiger charge is 2.24. The molecule has 3 nitrogen and oxygen atoms in total. The third-order valence-corrected chi connectivity index (χ3v) is 2.55. The van der Waals surface area contributed by atoms with Crippen LogP contribution in [0.5, 0.6) is 0 Å². The van der Waals surface area contributed by atoms with Crippen LogP contribution in [0.1, 0.15) is 13.3 Å². The van der Waals surface area contributed by atoms with Gasteiger partial charge < -0.3 is 15.0 Å². The molecule has 0 spiro atoms. The van der Waals surface area contributed by atoms with Crippen molar-refractivity contribution >= 4 is 0 Å². The maximum absolute atomic E-state index is 5.57. The molecule has 0 radical (unpaired) electrons. The highest BCUT2D eigenvalue weighted by Crippen LogP contribution is 2.14. The number of hydrogen-bond acceptors (Lipinski definition) is 3. The van der Waals surface area contributed by atoms with Crippen LogP contribution in [-0.4, -0.2) is 51.3 Å². The van der Waals surface area contributed by atoms with Crippen LogP contribution in [0.15, 0.2) is 0 Å². The van der Waals surface area contributed by atoms with E-state index in [0.29, 0.717) is 0 Å². The second-order valence-corrected chi connectivity index (χ2v) is 3.75. The highest BCUT2D eigenvalue weighted by molar-refractivity contribution is 4.78. The summed E-state index contributed by atoms with van der Waals surface area (Å²) in [5, 5.41) is 3.11. The quantitative estimate of drug-likeness (QED) is 0.588.